The average Bonchev–Trinajstić information content (AvgIpc) is 2.34. The summed E-state index contributed by atoms with van der Waals surface area (Å²) in [7, 11) is 0. The fourth-order valence-corrected chi connectivity index (χ4v) is 1.64. The Balaban J connectivity index is 3.28. The number of terminal acetylenes is 1. The molecule has 0 N–H and O–H groups in total. The van der Waals surface area contributed by atoms with Gasteiger partial charge in [-0.05, 0) is 24.8 Å². The van der Waals surface area contributed by atoms with Crippen LogP contribution < -0.4 is 0 Å². The van der Waals surface area contributed by atoms with Crippen molar-refractivity contribution < 1.29 is 0 Å². The zero-order chi connectivity index (χ0) is 8.27. The number of aryl methyl sites for hydroxylation is 1. The maximum absolute atomic E-state index is 5.29. The van der Waals surface area contributed by atoms with Crippen molar-refractivity contribution in [3.05, 3.63) is 21.4 Å². The highest BCUT2D eigenvalue weighted by Crippen LogP contribution is 2.19. The van der Waals surface area contributed by atoms with E-state index in [4.69, 9.17) is 6.42 Å². The largest absolute Gasteiger partial charge is 0.134 e. The third-order valence-electron chi connectivity index (χ3n) is 1.36. The summed E-state index contributed by atoms with van der Waals surface area (Å²) in [5.41, 5.74) is 2.19. The van der Waals surface area contributed by atoms with E-state index in [9.17, 15) is 0 Å². The predicted molar refractivity (Wildman–Crippen MR) is 49.5 cm³/mol. The first-order valence-corrected chi connectivity index (χ1v) is 4.15. The smallest absolute Gasteiger partial charge is 0.0924 e. The summed E-state index contributed by atoms with van der Waals surface area (Å²) in [4.78, 5) is 0.942. The minimum atomic E-state index is 0.942. The molecule has 0 unspecified atom stereocenters. The molecule has 1 heteroatoms. The molecule has 0 aliphatic carbocycles. The van der Waals surface area contributed by atoms with Crippen LogP contribution in [0.3, 0.4) is 0 Å². The molecule has 0 fully saturated rings. The van der Waals surface area contributed by atoms with Crippen LogP contribution in [0.4, 0.5) is 0 Å². The summed E-state index contributed by atoms with van der Waals surface area (Å²) >= 11 is 1.58. The van der Waals surface area contributed by atoms with Gasteiger partial charge in [-0.3, -0.25) is 0 Å². The summed E-state index contributed by atoms with van der Waals surface area (Å²) in [5, 5.41) is 2.04. The van der Waals surface area contributed by atoms with Crippen molar-refractivity contribution in [2.24, 2.45) is 0 Å². The van der Waals surface area contributed by atoms with Gasteiger partial charge in [0, 0.05) is 0 Å². The first-order chi connectivity index (χ1) is 5.29. The Morgan fingerprint density at radius 2 is 2.27 bits per heavy atom. The van der Waals surface area contributed by atoms with Crippen LogP contribution in [0.25, 0.3) is 0 Å². The van der Waals surface area contributed by atoms with Crippen LogP contribution in [0.1, 0.15) is 22.9 Å². The molecule has 1 rings (SSSR count). The molecule has 0 nitrogen and oxygen atoms in total. The summed E-state index contributed by atoms with van der Waals surface area (Å²) in [5.74, 6) is 8.46. The molecule has 0 aliphatic heterocycles. The zero-order valence-electron chi connectivity index (χ0n) is 6.56. The van der Waals surface area contributed by atoms with E-state index in [0.717, 1.165) is 10.4 Å². The maximum Gasteiger partial charge on any atom is 0.0924 e. The molecule has 11 heavy (non-hydrogen) atoms. The molecule has 54 valence electrons. The first kappa shape index (κ1) is 7.92. The number of hydrogen-bond donors (Lipinski definition) is 0. The molecular weight excluding hydrogens is 152 g/mol. The fourth-order valence-electron chi connectivity index (χ4n) is 0.831. The quantitative estimate of drug-likeness (QED) is 0.511. The SMILES string of the molecule is C#Cc1scc(C)c1C#CC. The zero-order valence-corrected chi connectivity index (χ0v) is 7.38. The van der Waals surface area contributed by atoms with Gasteiger partial charge in [-0.15, -0.1) is 23.7 Å². The lowest BCUT2D eigenvalue weighted by molar-refractivity contribution is 1.51. The van der Waals surface area contributed by atoms with Gasteiger partial charge in [0.25, 0.3) is 0 Å². The molecule has 0 bridgehead atoms. The highest BCUT2D eigenvalue weighted by molar-refractivity contribution is 7.10. The molecule has 0 aliphatic rings. The molecular formula is C10H8S. The van der Waals surface area contributed by atoms with Crippen LogP contribution in [0, 0.1) is 31.1 Å². The van der Waals surface area contributed by atoms with E-state index in [1.807, 2.05) is 19.2 Å². The lowest BCUT2D eigenvalue weighted by Gasteiger charge is -1.86. The summed E-state index contributed by atoms with van der Waals surface area (Å²) in [6.45, 7) is 3.84. The highest BCUT2D eigenvalue weighted by atomic mass is 32.1. The van der Waals surface area contributed by atoms with Gasteiger partial charge >= 0.3 is 0 Å². The van der Waals surface area contributed by atoms with Crippen LogP contribution in [0.15, 0.2) is 5.38 Å². The standard InChI is InChI=1S/C10H8S/c1-4-6-9-8(3)7-11-10(9)5-2/h2,7H,1,3H3. The Kier molecular flexibility index (Phi) is 2.36. The number of hydrogen-bond acceptors (Lipinski definition) is 1. The molecule has 0 spiro atoms. The second-order valence-electron chi connectivity index (χ2n) is 2.14. The van der Waals surface area contributed by atoms with Gasteiger partial charge in [0.2, 0.25) is 0 Å². The van der Waals surface area contributed by atoms with Crippen molar-refractivity contribution in [3.8, 4) is 24.2 Å². The van der Waals surface area contributed by atoms with E-state index in [1.165, 1.54) is 5.56 Å². The normalized spacial score (nSPS) is 8.09. The van der Waals surface area contributed by atoms with Gasteiger partial charge in [-0.25, -0.2) is 0 Å². The maximum atomic E-state index is 5.29. The van der Waals surface area contributed by atoms with Gasteiger partial charge in [-0.2, -0.15) is 0 Å². The average molecular weight is 160 g/mol. The van der Waals surface area contributed by atoms with Crippen LogP contribution in [-0.4, -0.2) is 0 Å². The second-order valence-corrected chi connectivity index (χ2v) is 3.02. The highest BCUT2D eigenvalue weighted by Gasteiger charge is 2.02. The van der Waals surface area contributed by atoms with Crippen molar-refractivity contribution in [1.29, 1.82) is 0 Å². The predicted octanol–water partition coefficient (Wildman–Crippen LogP) is 2.41. The molecule has 0 radical (unpaired) electrons. The Hall–Kier alpha value is -1.18. The van der Waals surface area contributed by atoms with Gasteiger partial charge in [-0.1, -0.05) is 11.8 Å². The van der Waals surface area contributed by atoms with E-state index < -0.39 is 0 Å². The summed E-state index contributed by atoms with van der Waals surface area (Å²) < 4.78 is 0. The van der Waals surface area contributed by atoms with Gasteiger partial charge in [0.15, 0.2) is 0 Å². The summed E-state index contributed by atoms with van der Waals surface area (Å²) in [6.07, 6.45) is 5.29. The Morgan fingerprint density at radius 3 is 2.82 bits per heavy atom. The van der Waals surface area contributed by atoms with Crippen LogP contribution in [0.2, 0.25) is 0 Å². The molecule has 0 saturated heterocycles. The molecule has 1 aromatic rings. The van der Waals surface area contributed by atoms with Crippen LogP contribution >= 0.6 is 11.3 Å². The lowest BCUT2D eigenvalue weighted by atomic mass is 10.2. The Labute approximate surface area is 71.3 Å². The molecule has 0 amide bonds. The van der Waals surface area contributed by atoms with E-state index in [2.05, 4.69) is 17.8 Å². The third-order valence-corrected chi connectivity index (χ3v) is 2.39. The van der Waals surface area contributed by atoms with Crippen LogP contribution in [0.5, 0.6) is 0 Å². The minimum absolute atomic E-state index is 0.942. The Bertz CT molecular complexity index is 352. The monoisotopic (exact) mass is 160 g/mol. The van der Waals surface area contributed by atoms with Crippen LogP contribution in [-0.2, 0) is 0 Å². The van der Waals surface area contributed by atoms with E-state index in [0.29, 0.717) is 0 Å². The van der Waals surface area contributed by atoms with Gasteiger partial charge in [0.05, 0.1) is 10.4 Å². The molecule has 1 aromatic heterocycles. The Morgan fingerprint density at radius 1 is 1.55 bits per heavy atom. The number of rotatable bonds is 0. The molecule has 1 heterocycles. The topological polar surface area (TPSA) is 0 Å². The van der Waals surface area contributed by atoms with Crippen molar-refractivity contribution in [2.75, 3.05) is 0 Å². The first-order valence-electron chi connectivity index (χ1n) is 3.27. The second kappa shape index (κ2) is 3.28. The van der Waals surface area contributed by atoms with Gasteiger partial charge < -0.3 is 0 Å². The third kappa shape index (κ3) is 1.45. The van der Waals surface area contributed by atoms with E-state index in [-0.39, 0.29) is 0 Å². The van der Waals surface area contributed by atoms with E-state index in [1.54, 1.807) is 11.3 Å². The van der Waals surface area contributed by atoms with Crippen molar-refractivity contribution in [1.82, 2.24) is 0 Å². The lowest BCUT2D eigenvalue weighted by Crippen LogP contribution is -1.76. The van der Waals surface area contributed by atoms with Crippen molar-refractivity contribution in [2.45, 2.75) is 13.8 Å². The number of thiophene rings is 1. The molecule has 0 atom stereocenters. The molecule has 0 saturated carbocycles. The fraction of sp³-hybridized carbons (Fsp3) is 0.200. The van der Waals surface area contributed by atoms with Crippen molar-refractivity contribution in [3.63, 3.8) is 0 Å². The van der Waals surface area contributed by atoms with E-state index >= 15 is 0 Å². The minimum Gasteiger partial charge on any atom is -0.134 e. The van der Waals surface area contributed by atoms with Gasteiger partial charge in [0.1, 0.15) is 0 Å². The van der Waals surface area contributed by atoms with Crippen molar-refractivity contribution >= 4 is 11.3 Å². The summed E-state index contributed by atoms with van der Waals surface area (Å²) in [6, 6.07) is 0. The molecule has 0 aromatic carbocycles.